The van der Waals surface area contributed by atoms with Gasteiger partial charge in [-0.3, -0.25) is 9.59 Å². The van der Waals surface area contributed by atoms with E-state index in [9.17, 15) is 14.0 Å². The molecule has 0 aliphatic heterocycles. The number of rotatable bonds is 6. The molecular formula is C19H19ClFN3O2. The molecule has 0 saturated heterocycles. The third kappa shape index (κ3) is 4.73. The van der Waals surface area contributed by atoms with Gasteiger partial charge in [0.25, 0.3) is 0 Å². The van der Waals surface area contributed by atoms with Crippen molar-refractivity contribution >= 4 is 40.5 Å². The van der Waals surface area contributed by atoms with Crippen LogP contribution in [-0.2, 0) is 9.59 Å². The Balaban J connectivity index is 1.55. The molecule has 3 N–H and O–H groups in total. The molecule has 3 rings (SSSR count). The summed E-state index contributed by atoms with van der Waals surface area (Å²) in [6.45, 7) is 1.70. The van der Waals surface area contributed by atoms with Crippen LogP contribution in [0.4, 0.5) is 21.5 Å². The summed E-state index contributed by atoms with van der Waals surface area (Å²) >= 11 is 5.91. The number of amides is 2. The summed E-state index contributed by atoms with van der Waals surface area (Å²) in [4.78, 5) is 24.0. The number of nitrogens with one attached hydrogen (secondary N) is 3. The van der Waals surface area contributed by atoms with E-state index >= 15 is 0 Å². The molecule has 5 nitrogen and oxygen atoms in total. The molecule has 0 bridgehead atoms. The standard InChI is InChI=1S/C19H19ClFN3O2/c1-11(18(25)24-17-9-4-13(21)10-16(17)20)22-14-5-7-15(8-6-14)23-19(26)12-2-3-12/h4-12,22H,2-3H2,1H3,(H,23,26)(H,24,25)/t11-/m0/s1. The first-order chi connectivity index (χ1) is 12.4. The van der Waals surface area contributed by atoms with Gasteiger partial charge in [-0.2, -0.15) is 0 Å². The van der Waals surface area contributed by atoms with Gasteiger partial charge in [-0.25, -0.2) is 4.39 Å². The van der Waals surface area contributed by atoms with Crippen LogP contribution in [-0.4, -0.2) is 17.9 Å². The predicted octanol–water partition coefficient (Wildman–Crippen LogP) is 4.27. The molecule has 2 amide bonds. The minimum atomic E-state index is -0.539. The monoisotopic (exact) mass is 375 g/mol. The fourth-order valence-corrected chi connectivity index (χ4v) is 2.60. The largest absolute Gasteiger partial charge is 0.374 e. The molecule has 1 saturated carbocycles. The van der Waals surface area contributed by atoms with E-state index in [-0.39, 0.29) is 22.8 Å². The van der Waals surface area contributed by atoms with Crippen LogP contribution in [0, 0.1) is 11.7 Å². The van der Waals surface area contributed by atoms with Crippen molar-refractivity contribution in [3.05, 3.63) is 53.3 Å². The Hall–Kier alpha value is -2.60. The highest BCUT2D eigenvalue weighted by atomic mass is 35.5. The van der Waals surface area contributed by atoms with Crippen molar-refractivity contribution in [3.8, 4) is 0 Å². The number of carbonyl (C=O) groups excluding carboxylic acids is 2. The van der Waals surface area contributed by atoms with Gasteiger partial charge in [0.15, 0.2) is 0 Å². The maximum atomic E-state index is 13.1. The summed E-state index contributed by atoms with van der Waals surface area (Å²) in [5.74, 6) is -0.568. The zero-order valence-electron chi connectivity index (χ0n) is 14.2. The predicted molar refractivity (Wildman–Crippen MR) is 101 cm³/mol. The summed E-state index contributed by atoms with van der Waals surface area (Å²) in [6.07, 6.45) is 1.91. The lowest BCUT2D eigenvalue weighted by Crippen LogP contribution is -2.31. The number of halogens is 2. The number of anilines is 3. The second-order valence-electron chi connectivity index (χ2n) is 6.32. The van der Waals surface area contributed by atoms with Gasteiger partial charge >= 0.3 is 0 Å². The Bertz CT molecular complexity index is 822. The SMILES string of the molecule is C[C@H](Nc1ccc(NC(=O)C2CC2)cc1)C(=O)Nc1ccc(F)cc1Cl. The first-order valence-corrected chi connectivity index (χ1v) is 8.73. The summed E-state index contributed by atoms with van der Waals surface area (Å²) in [5.41, 5.74) is 1.81. The average molecular weight is 376 g/mol. The molecule has 1 aliphatic carbocycles. The quantitative estimate of drug-likeness (QED) is 0.706. The Labute approximate surface area is 155 Å². The fraction of sp³-hybridized carbons (Fsp3) is 0.263. The van der Waals surface area contributed by atoms with E-state index in [4.69, 9.17) is 11.6 Å². The Morgan fingerprint density at radius 3 is 2.35 bits per heavy atom. The maximum Gasteiger partial charge on any atom is 0.246 e. The van der Waals surface area contributed by atoms with E-state index < -0.39 is 11.9 Å². The smallest absolute Gasteiger partial charge is 0.246 e. The van der Waals surface area contributed by atoms with E-state index in [1.807, 2.05) is 0 Å². The van der Waals surface area contributed by atoms with Crippen molar-refractivity contribution in [2.75, 3.05) is 16.0 Å². The molecule has 2 aromatic rings. The third-order valence-electron chi connectivity index (χ3n) is 4.07. The van der Waals surface area contributed by atoms with Crippen molar-refractivity contribution in [3.63, 3.8) is 0 Å². The van der Waals surface area contributed by atoms with Crippen LogP contribution in [0.5, 0.6) is 0 Å². The molecule has 0 radical (unpaired) electrons. The first-order valence-electron chi connectivity index (χ1n) is 8.36. The van der Waals surface area contributed by atoms with Gasteiger partial charge in [-0.15, -0.1) is 0 Å². The Morgan fingerprint density at radius 2 is 1.73 bits per heavy atom. The molecule has 0 heterocycles. The molecule has 7 heteroatoms. The Morgan fingerprint density at radius 1 is 1.08 bits per heavy atom. The summed E-state index contributed by atoms with van der Waals surface area (Å²) < 4.78 is 13.1. The molecule has 2 aromatic carbocycles. The van der Waals surface area contributed by atoms with Gasteiger partial charge in [0, 0.05) is 17.3 Å². The Kier molecular flexibility index (Phi) is 5.42. The number of hydrogen-bond donors (Lipinski definition) is 3. The molecule has 0 unspecified atom stereocenters. The van der Waals surface area contributed by atoms with Gasteiger partial charge in [0.05, 0.1) is 10.7 Å². The second kappa shape index (κ2) is 7.74. The van der Waals surface area contributed by atoms with Crippen LogP contribution < -0.4 is 16.0 Å². The summed E-state index contributed by atoms with van der Waals surface area (Å²) in [5, 5.41) is 8.72. The molecular weight excluding hydrogens is 357 g/mol. The van der Waals surface area contributed by atoms with Gasteiger partial charge in [0.2, 0.25) is 11.8 Å². The van der Waals surface area contributed by atoms with Gasteiger partial charge in [-0.05, 0) is 62.2 Å². The van der Waals surface area contributed by atoms with E-state index in [0.29, 0.717) is 5.69 Å². The minimum Gasteiger partial charge on any atom is -0.374 e. The summed E-state index contributed by atoms with van der Waals surface area (Å²) in [6, 6.07) is 10.4. The van der Waals surface area contributed by atoms with E-state index in [0.717, 1.165) is 30.3 Å². The first kappa shape index (κ1) is 18.2. The van der Waals surface area contributed by atoms with Gasteiger partial charge in [0.1, 0.15) is 11.9 Å². The highest BCUT2D eigenvalue weighted by molar-refractivity contribution is 6.33. The van der Waals surface area contributed by atoms with E-state index in [1.54, 1.807) is 31.2 Å². The van der Waals surface area contributed by atoms with Crippen molar-refractivity contribution < 1.29 is 14.0 Å². The fourth-order valence-electron chi connectivity index (χ4n) is 2.39. The van der Waals surface area contributed by atoms with Crippen molar-refractivity contribution in [1.82, 2.24) is 0 Å². The van der Waals surface area contributed by atoms with Gasteiger partial charge < -0.3 is 16.0 Å². The molecule has 1 atom stereocenters. The number of hydrogen-bond acceptors (Lipinski definition) is 3. The maximum absolute atomic E-state index is 13.1. The van der Waals surface area contributed by atoms with Crippen LogP contribution in [0.2, 0.25) is 5.02 Å². The van der Waals surface area contributed by atoms with E-state index in [1.165, 1.54) is 12.1 Å². The zero-order valence-corrected chi connectivity index (χ0v) is 14.9. The molecule has 26 heavy (non-hydrogen) atoms. The minimum absolute atomic E-state index is 0.0506. The topological polar surface area (TPSA) is 70.2 Å². The zero-order chi connectivity index (χ0) is 18.7. The highest BCUT2D eigenvalue weighted by Gasteiger charge is 2.29. The van der Waals surface area contributed by atoms with Crippen LogP contribution >= 0.6 is 11.6 Å². The van der Waals surface area contributed by atoms with Crippen LogP contribution in [0.15, 0.2) is 42.5 Å². The second-order valence-corrected chi connectivity index (χ2v) is 6.73. The third-order valence-corrected chi connectivity index (χ3v) is 4.38. The van der Waals surface area contributed by atoms with Gasteiger partial charge in [-0.1, -0.05) is 11.6 Å². The molecule has 0 aromatic heterocycles. The lowest BCUT2D eigenvalue weighted by molar-refractivity contribution is -0.117. The normalized spacial score (nSPS) is 14.4. The van der Waals surface area contributed by atoms with Crippen LogP contribution in [0.1, 0.15) is 19.8 Å². The van der Waals surface area contributed by atoms with Crippen molar-refractivity contribution in [1.29, 1.82) is 0 Å². The lowest BCUT2D eigenvalue weighted by atomic mass is 10.2. The number of carbonyl (C=O) groups is 2. The summed E-state index contributed by atoms with van der Waals surface area (Å²) in [7, 11) is 0. The molecule has 1 fully saturated rings. The van der Waals surface area contributed by atoms with E-state index in [2.05, 4.69) is 16.0 Å². The van der Waals surface area contributed by atoms with Crippen molar-refractivity contribution in [2.45, 2.75) is 25.8 Å². The lowest BCUT2D eigenvalue weighted by Gasteiger charge is -2.16. The van der Waals surface area contributed by atoms with Crippen LogP contribution in [0.3, 0.4) is 0 Å². The molecule has 1 aliphatic rings. The van der Waals surface area contributed by atoms with Crippen molar-refractivity contribution in [2.24, 2.45) is 5.92 Å². The highest BCUT2D eigenvalue weighted by Crippen LogP contribution is 2.30. The average Bonchev–Trinajstić information content (AvgIpc) is 3.44. The number of benzene rings is 2. The van der Waals surface area contributed by atoms with Crippen LogP contribution in [0.25, 0.3) is 0 Å². The molecule has 136 valence electrons. The molecule has 0 spiro atoms.